The van der Waals surface area contributed by atoms with Gasteiger partial charge >= 0.3 is 5.97 Å². The van der Waals surface area contributed by atoms with Crippen LogP contribution in [-0.4, -0.2) is 32.7 Å². The lowest BCUT2D eigenvalue weighted by Crippen LogP contribution is -2.22. The molecule has 144 valence electrons. The Labute approximate surface area is 167 Å². The second kappa shape index (κ2) is 9.21. The number of sulfone groups is 1. The summed E-state index contributed by atoms with van der Waals surface area (Å²) in [6.07, 6.45) is -0.365. The number of rotatable bonds is 7. The number of benzene rings is 2. The summed E-state index contributed by atoms with van der Waals surface area (Å²) >= 11 is 11.9. The molecule has 0 saturated heterocycles. The summed E-state index contributed by atoms with van der Waals surface area (Å²) in [5, 5.41) is 2.92. The standard InChI is InChI=1S/C18H17Cl2NO5S/c1-12-5-7-13(8-6-12)27(24,25)10-9-17(23)26-11-16(22)21-18-14(19)3-2-4-15(18)20/h2-8H,9-11H2,1H3,(H,21,22). The average Bonchev–Trinajstić information content (AvgIpc) is 2.62. The summed E-state index contributed by atoms with van der Waals surface area (Å²) in [4.78, 5) is 23.7. The molecule has 2 rings (SSSR count). The molecule has 6 nitrogen and oxygen atoms in total. The Bertz CT molecular complexity index is 922. The normalized spacial score (nSPS) is 11.1. The number of halogens is 2. The molecular formula is C18H17Cl2NO5S. The van der Waals surface area contributed by atoms with Crippen LogP contribution in [0.15, 0.2) is 47.4 Å². The molecule has 0 unspecified atom stereocenters. The van der Waals surface area contributed by atoms with Gasteiger partial charge in [0.25, 0.3) is 5.91 Å². The van der Waals surface area contributed by atoms with Crippen molar-refractivity contribution < 1.29 is 22.7 Å². The van der Waals surface area contributed by atoms with Crippen molar-refractivity contribution in [3.63, 3.8) is 0 Å². The highest BCUT2D eigenvalue weighted by Crippen LogP contribution is 2.29. The maximum Gasteiger partial charge on any atom is 0.307 e. The van der Waals surface area contributed by atoms with Gasteiger partial charge in [-0.25, -0.2) is 8.42 Å². The van der Waals surface area contributed by atoms with E-state index in [-0.39, 0.29) is 27.0 Å². The van der Waals surface area contributed by atoms with Crippen molar-refractivity contribution in [2.75, 3.05) is 17.7 Å². The molecule has 0 radical (unpaired) electrons. The van der Waals surface area contributed by atoms with Crippen LogP contribution in [0.4, 0.5) is 5.69 Å². The van der Waals surface area contributed by atoms with Crippen LogP contribution in [0.2, 0.25) is 10.0 Å². The van der Waals surface area contributed by atoms with Crippen LogP contribution in [0.5, 0.6) is 0 Å². The van der Waals surface area contributed by atoms with Gasteiger partial charge in [0, 0.05) is 0 Å². The number of carbonyl (C=O) groups is 2. The van der Waals surface area contributed by atoms with Gasteiger partial charge in [-0.15, -0.1) is 0 Å². The van der Waals surface area contributed by atoms with Crippen LogP contribution in [-0.2, 0) is 24.2 Å². The number of aryl methyl sites for hydroxylation is 1. The molecule has 0 aliphatic rings. The third-order valence-corrected chi connectivity index (χ3v) is 5.91. The summed E-state index contributed by atoms with van der Waals surface area (Å²) < 4.78 is 29.2. The van der Waals surface area contributed by atoms with Gasteiger partial charge < -0.3 is 10.1 Å². The molecule has 0 aliphatic carbocycles. The van der Waals surface area contributed by atoms with Gasteiger partial charge in [0.1, 0.15) is 0 Å². The maximum absolute atomic E-state index is 12.2. The Morgan fingerprint density at radius 3 is 2.22 bits per heavy atom. The van der Waals surface area contributed by atoms with Gasteiger partial charge in [-0.3, -0.25) is 9.59 Å². The number of anilines is 1. The Morgan fingerprint density at radius 2 is 1.63 bits per heavy atom. The van der Waals surface area contributed by atoms with Crippen molar-refractivity contribution in [3.05, 3.63) is 58.1 Å². The van der Waals surface area contributed by atoms with Gasteiger partial charge in [-0.1, -0.05) is 47.0 Å². The molecule has 9 heteroatoms. The van der Waals surface area contributed by atoms with E-state index in [1.54, 1.807) is 30.3 Å². The Hall–Kier alpha value is -2.09. The Morgan fingerprint density at radius 1 is 1.04 bits per heavy atom. The fourth-order valence-electron chi connectivity index (χ4n) is 2.09. The fourth-order valence-corrected chi connectivity index (χ4v) is 3.81. The smallest absolute Gasteiger partial charge is 0.307 e. The van der Waals surface area contributed by atoms with Crippen molar-refractivity contribution in [2.24, 2.45) is 0 Å². The number of amides is 1. The quantitative estimate of drug-likeness (QED) is 0.678. The lowest BCUT2D eigenvalue weighted by molar-refractivity contribution is -0.146. The van der Waals surface area contributed by atoms with E-state index in [0.717, 1.165) is 5.56 Å². The number of nitrogens with one attached hydrogen (secondary N) is 1. The summed E-state index contributed by atoms with van der Waals surface area (Å²) in [5.74, 6) is -1.85. The van der Waals surface area contributed by atoms with Crippen molar-refractivity contribution in [1.29, 1.82) is 0 Å². The van der Waals surface area contributed by atoms with E-state index in [2.05, 4.69) is 5.32 Å². The van der Waals surface area contributed by atoms with Crippen molar-refractivity contribution >= 4 is 50.6 Å². The average molecular weight is 430 g/mol. The zero-order valence-electron chi connectivity index (χ0n) is 14.4. The van der Waals surface area contributed by atoms with E-state index >= 15 is 0 Å². The lowest BCUT2D eigenvalue weighted by Gasteiger charge is -2.09. The van der Waals surface area contributed by atoms with Crippen LogP contribution >= 0.6 is 23.2 Å². The van der Waals surface area contributed by atoms with Crippen LogP contribution in [0.1, 0.15) is 12.0 Å². The van der Waals surface area contributed by atoms with E-state index in [1.807, 2.05) is 6.92 Å². The maximum atomic E-state index is 12.2. The molecule has 1 amide bonds. The first kappa shape index (κ1) is 21.2. The summed E-state index contributed by atoms with van der Waals surface area (Å²) in [7, 11) is -3.61. The molecule has 0 heterocycles. The van der Waals surface area contributed by atoms with Gasteiger partial charge in [-0.2, -0.15) is 0 Å². The summed E-state index contributed by atoms with van der Waals surface area (Å²) in [5.41, 5.74) is 1.14. The highest BCUT2D eigenvalue weighted by Gasteiger charge is 2.18. The van der Waals surface area contributed by atoms with Crippen molar-refractivity contribution in [3.8, 4) is 0 Å². The number of ether oxygens (including phenoxy) is 1. The first-order valence-corrected chi connectivity index (χ1v) is 10.3. The number of esters is 1. The molecule has 1 N–H and O–H groups in total. The molecule has 0 atom stereocenters. The van der Waals surface area contributed by atoms with Crippen molar-refractivity contribution in [2.45, 2.75) is 18.2 Å². The lowest BCUT2D eigenvalue weighted by atomic mass is 10.2. The third kappa shape index (κ3) is 6.23. The van der Waals surface area contributed by atoms with E-state index in [4.69, 9.17) is 27.9 Å². The van der Waals surface area contributed by atoms with Crippen LogP contribution in [0.25, 0.3) is 0 Å². The highest BCUT2D eigenvalue weighted by molar-refractivity contribution is 7.91. The highest BCUT2D eigenvalue weighted by atomic mass is 35.5. The fraction of sp³-hybridized carbons (Fsp3) is 0.222. The molecule has 2 aromatic rings. The minimum absolute atomic E-state index is 0.131. The zero-order valence-corrected chi connectivity index (χ0v) is 16.7. The van der Waals surface area contributed by atoms with E-state index in [0.29, 0.717) is 0 Å². The van der Waals surface area contributed by atoms with Crippen molar-refractivity contribution in [1.82, 2.24) is 0 Å². The van der Waals surface area contributed by atoms with E-state index < -0.39 is 34.1 Å². The van der Waals surface area contributed by atoms with Crippen LogP contribution in [0.3, 0.4) is 0 Å². The minimum atomic E-state index is -3.61. The SMILES string of the molecule is Cc1ccc(S(=O)(=O)CCC(=O)OCC(=O)Nc2c(Cl)cccc2Cl)cc1. The van der Waals surface area contributed by atoms with Gasteiger partial charge in [0.15, 0.2) is 16.4 Å². The zero-order chi connectivity index (χ0) is 20.0. The van der Waals surface area contributed by atoms with E-state index in [9.17, 15) is 18.0 Å². The van der Waals surface area contributed by atoms with Gasteiger partial charge in [0.05, 0.1) is 32.8 Å². The van der Waals surface area contributed by atoms with E-state index in [1.165, 1.54) is 12.1 Å². The number of hydrogen-bond donors (Lipinski definition) is 1. The molecule has 2 aromatic carbocycles. The van der Waals surface area contributed by atoms with Crippen LogP contribution in [0, 0.1) is 6.92 Å². The monoisotopic (exact) mass is 429 g/mol. The Balaban J connectivity index is 1.84. The summed E-state index contributed by atoms with van der Waals surface area (Å²) in [6, 6.07) is 11.0. The number of carbonyl (C=O) groups excluding carboxylic acids is 2. The topological polar surface area (TPSA) is 89.5 Å². The minimum Gasteiger partial charge on any atom is -0.456 e. The largest absolute Gasteiger partial charge is 0.456 e. The molecular weight excluding hydrogens is 413 g/mol. The Kier molecular flexibility index (Phi) is 7.24. The molecule has 0 aromatic heterocycles. The summed E-state index contributed by atoms with van der Waals surface area (Å²) in [6.45, 7) is 1.26. The van der Waals surface area contributed by atoms with Crippen LogP contribution < -0.4 is 5.32 Å². The first-order chi connectivity index (χ1) is 12.7. The molecule has 0 fully saturated rings. The number of hydrogen-bond acceptors (Lipinski definition) is 5. The second-order valence-corrected chi connectivity index (χ2v) is 8.61. The van der Waals surface area contributed by atoms with Gasteiger partial charge in [-0.05, 0) is 31.2 Å². The molecule has 27 heavy (non-hydrogen) atoms. The third-order valence-electron chi connectivity index (χ3n) is 3.55. The predicted octanol–water partition coefficient (Wildman–Crippen LogP) is 3.65. The molecule has 0 bridgehead atoms. The van der Waals surface area contributed by atoms with Gasteiger partial charge in [0.2, 0.25) is 0 Å². The first-order valence-electron chi connectivity index (χ1n) is 7.88. The predicted molar refractivity (Wildman–Crippen MR) is 104 cm³/mol. The molecule has 0 aliphatic heterocycles. The molecule has 0 saturated carbocycles. The second-order valence-electron chi connectivity index (χ2n) is 5.69. The number of para-hydroxylation sites is 1. The molecule has 0 spiro atoms.